The summed E-state index contributed by atoms with van der Waals surface area (Å²) in [4.78, 5) is 11.3. The fourth-order valence-electron chi connectivity index (χ4n) is 1.22. The Labute approximate surface area is 101 Å². The Bertz CT molecular complexity index is 218. The highest BCUT2D eigenvalue weighted by atomic mass is 35.5. The molecular formula is C9H16Cl2N2O2. The van der Waals surface area contributed by atoms with Gasteiger partial charge < -0.3 is 15.4 Å². The Morgan fingerprint density at radius 3 is 2.93 bits per heavy atom. The van der Waals surface area contributed by atoms with Crippen molar-refractivity contribution in [1.82, 2.24) is 10.6 Å². The van der Waals surface area contributed by atoms with Crippen LogP contribution in [0.25, 0.3) is 0 Å². The van der Waals surface area contributed by atoms with E-state index in [0.29, 0.717) is 24.6 Å². The predicted molar refractivity (Wildman–Crippen MR) is 62.5 cm³/mol. The molecule has 1 saturated heterocycles. The topological polar surface area (TPSA) is 50.4 Å². The summed E-state index contributed by atoms with van der Waals surface area (Å²) in [6.45, 7) is 6.06. The van der Waals surface area contributed by atoms with Gasteiger partial charge in [0, 0.05) is 18.1 Å². The molecule has 1 aliphatic rings. The van der Waals surface area contributed by atoms with E-state index >= 15 is 0 Å². The lowest BCUT2D eigenvalue weighted by Crippen LogP contribution is -2.41. The molecule has 0 saturated carbocycles. The summed E-state index contributed by atoms with van der Waals surface area (Å²) in [6, 6.07) is 0. The van der Waals surface area contributed by atoms with Crippen LogP contribution >= 0.6 is 24.0 Å². The summed E-state index contributed by atoms with van der Waals surface area (Å²) in [5.74, 6) is -0.0551. The van der Waals surface area contributed by atoms with Crippen LogP contribution in [0.1, 0.15) is 6.42 Å². The molecule has 0 aromatic rings. The molecule has 15 heavy (non-hydrogen) atoms. The van der Waals surface area contributed by atoms with Crippen molar-refractivity contribution in [3.63, 3.8) is 0 Å². The maximum Gasteiger partial charge on any atom is 0.222 e. The Kier molecular flexibility index (Phi) is 7.78. The molecule has 1 unspecified atom stereocenters. The summed E-state index contributed by atoms with van der Waals surface area (Å²) < 4.78 is 5.38. The van der Waals surface area contributed by atoms with Gasteiger partial charge >= 0.3 is 0 Å². The highest BCUT2D eigenvalue weighted by Gasteiger charge is 2.16. The maximum atomic E-state index is 11.3. The molecule has 0 spiro atoms. The van der Waals surface area contributed by atoms with Crippen molar-refractivity contribution < 1.29 is 9.53 Å². The van der Waals surface area contributed by atoms with Crippen LogP contribution in [0.4, 0.5) is 0 Å². The standard InChI is InChI=1S/C9H15ClN2O2.ClH/c1-7(10)5-12-9(13)4-8-6-11-2-3-14-8;/h8,11H,1-6H2,(H,12,13);1H. The first kappa shape index (κ1) is 14.7. The predicted octanol–water partition coefficient (Wildman–Crippen LogP) is 0.655. The van der Waals surface area contributed by atoms with E-state index in [0.717, 1.165) is 13.1 Å². The van der Waals surface area contributed by atoms with Crippen LogP contribution in [-0.2, 0) is 9.53 Å². The molecule has 1 amide bonds. The van der Waals surface area contributed by atoms with E-state index in [1.165, 1.54) is 0 Å². The van der Waals surface area contributed by atoms with Gasteiger partial charge in [-0.2, -0.15) is 0 Å². The zero-order chi connectivity index (χ0) is 10.4. The lowest BCUT2D eigenvalue weighted by molar-refractivity contribution is -0.124. The van der Waals surface area contributed by atoms with E-state index < -0.39 is 0 Å². The Morgan fingerprint density at radius 1 is 1.67 bits per heavy atom. The molecule has 0 radical (unpaired) electrons. The minimum atomic E-state index is -0.0551. The molecule has 0 bridgehead atoms. The van der Waals surface area contributed by atoms with Gasteiger partial charge in [-0.05, 0) is 0 Å². The second kappa shape index (κ2) is 7.93. The number of nitrogens with one attached hydrogen (secondary N) is 2. The second-order valence-electron chi connectivity index (χ2n) is 3.20. The number of rotatable bonds is 4. The average Bonchev–Trinajstić information content (AvgIpc) is 2.16. The van der Waals surface area contributed by atoms with Gasteiger partial charge in [0.25, 0.3) is 0 Å². The zero-order valence-corrected chi connectivity index (χ0v) is 10.00. The first-order chi connectivity index (χ1) is 6.68. The maximum absolute atomic E-state index is 11.3. The number of carbonyl (C=O) groups is 1. The van der Waals surface area contributed by atoms with E-state index in [-0.39, 0.29) is 24.4 Å². The number of hydrogen-bond donors (Lipinski definition) is 2. The lowest BCUT2D eigenvalue weighted by atomic mass is 10.2. The van der Waals surface area contributed by atoms with Crippen molar-refractivity contribution in [3.05, 3.63) is 11.6 Å². The summed E-state index contributed by atoms with van der Waals surface area (Å²) in [6.07, 6.45) is 0.351. The molecule has 88 valence electrons. The fraction of sp³-hybridized carbons (Fsp3) is 0.667. The van der Waals surface area contributed by atoms with Crippen molar-refractivity contribution in [3.8, 4) is 0 Å². The molecule has 0 aromatic carbocycles. The summed E-state index contributed by atoms with van der Waals surface area (Å²) in [5.41, 5.74) is 0. The summed E-state index contributed by atoms with van der Waals surface area (Å²) >= 11 is 5.51. The molecule has 1 heterocycles. The molecule has 1 aliphatic heterocycles. The van der Waals surface area contributed by atoms with Crippen LogP contribution in [0.15, 0.2) is 11.6 Å². The van der Waals surface area contributed by atoms with Gasteiger partial charge in [0.1, 0.15) is 0 Å². The second-order valence-corrected chi connectivity index (χ2v) is 3.73. The van der Waals surface area contributed by atoms with Crippen molar-refractivity contribution >= 4 is 29.9 Å². The van der Waals surface area contributed by atoms with Crippen molar-refractivity contribution in [2.24, 2.45) is 0 Å². The number of amides is 1. The normalized spacial score (nSPS) is 20.2. The minimum absolute atomic E-state index is 0. The lowest BCUT2D eigenvalue weighted by Gasteiger charge is -2.22. The van der Waals surface area contributed by atoms with E-state index in [1.54, 1.807) is 0 Å². The number of hydrogen-bond acceptors (Lipinski definition) is 3. The van der Waals surface area contributed by atoms with Gasteiger partial charge in [0.15, 0.2) is 0 Å². The molecule has 6 heteroatoms. The first-order valence-electron chi connectivity index (χ1n) is 4.61. The quantitative estimate of drug-likeness (QED) is 0.775. The van der Waals surface area contributed by atoms with Gasteiger partial charge in [-0.1, -0.05) is 18.2 Å². The third-order valence-corrected chi connectivity index (χ3v) is 2.03. The van der Waals surface area contributed by atoms with E-state index in [2.05, 4.69) is 17.2 Å². The average molecular weight is 255 g/mol. The smallest absolute Gasteiger partial charge is 0.222 e. The molecule has 1 rings (SSSR count). The minimum Gasteiger partial charge on any atom is -0.375 e. The molecule has 2 N–H and O–H groups in total. The number of carbonyl (C=O) groups excluding carboxylic acids is 1. The highest BCUT2D eigenvalue weighted by molar-refractivity contribution is 6.29. The third-order valence-electron chi connectivity index (χ3n) is 1.89. The van der Waals surface area contributed by atoms with Crippen LogP contribution in [0.5, 0.6) is 0 Å². The number of morpholine rings is 1. The zero-order valence-electron chi connectivity index (χ0n) is 8.42. The Morgan fingerprint density at radius 2 is 2.40 bits per heavy atom. The Balaban J connectivity index is 0.00000196. The van der Waals surface area contributed by atoms with Crippen LogP contribution in [0.3, 0.4) is 0 Å². The highest BCUT2D eigenvalue weighted by Crippen LogP contribution is 2.01. The summed E-state index contributed by atoms with van der Waals surface area (Å²) in [5, 5.41) is 6.24. The van der Waals surface area contributed by atoms with Crippen molar-refractivity contribution in [1.29, 1.82) is 0 Å². The molecule has 0 aromatic heterocycles. The molecule has 1 atom stereocenters. The van der Waals surface area contributed by atoms with E-state index in [1.807, 2.05) is 0 Å². The van der Waals surface area contributed by atoms with Crippen LogP contribution < -0.4 is 10.6 Å². The van der Waals surface area contributed by atoms with Crippen LogP contribution in [0, 0.1) is 0 Å². The number of ether oxygens (including phenoxy) is 1. The Hall–Kier alpha value is -0.290. The monoisotopic (exact) mass is 254 g/mol. The third kappa shape index (κ3) is 6.73. The van der Waals surface area contributed by atoms with Gasteiger partial charge in [-0.15, -0.1) is 12.4 Å². The van der Waals surface area contributed by atoms with E-state index in [9.17, 15) is 4.79 Å². The van der Waals surface area contributed by atoms with Crippen LogP contribution in [-0.4, -0.2) is 38.3 Å². The summed E-state index contributed by atoms with van der Waals surface area (Å²) in [7, 11) is 0. The van der Waals surface area contributed by atoms with Gasteiger partial charge in [0.05, 0.1) is 25.7 Å². The fourth-order valence-corrected chi connectivity index (χ4v) is 1.29. The van der Waals surface area contributed by atoms with Gasteiger partial charge in [0.2, 0.25) is 5.91 Å². The number of halogens is 2. The molecular weight excluding hydrogens is 239 g/mol. The first-order valence-corrected chi connectivity index (χ1v) is 4.98. The van der Waals surface area contributed by atoms with Gasteiger partial charge in [-0.3, -0.25) is 4.79 Å². The van der Waals surface area contributed by atoms with E-state index in [4.69, 9.17) is 16.3 Å². The molecule has 1 fully saturated rings. The largest absolute Gasteiger partial charge is 0.375 e. The van der Waals surface area contributed by atoms with Crippen LogP contribution in [0.2, 0.25) is 0 Å². The van der Waals surface area contributed by atoms with Gasteiger partial charge in [-0.25, -0.2) is 0 Å². The van der Waals surface area contributed by atoms with Crippen molar-refractivity contribution in [2.75, 3.05) is 26.2 Å². The SMILES string of the molecule is C=C(Cl)CNC(=O)CC1CNCCO1.Cl. The molecule has 0 aliphatic carbocycles. The molecule has 4 nitrogen and oxygen atoms in total. The van der Waals surface area contributed by atoms with Crippen molar-refractivity contribution in [2.45, 2.75) is 12.5 Å².